The summed E-state index contributed by atoms with van der Waals surface area (Å²) in [6, 6.07) is 0. The average Bonchev–Trinajstić information content (AvgIpc) is 2.05. The van der Waals surface area contributed by atoms with Gasteiger partial charge in [-0.1, -0.05) is 36.5 Å². The highest BCUT2D eigenvalue weighted by atomic mass is 35.5. The number of unbranched alkanes of at least 4 members (excludes halogenated alkanes) is 1. The lowest BCUT2D eigenvalue weighted by molar-refractivity contribution is 0.944. The smallest absolute Gasteiger partial charge is 0.118 e. The fourth-order valence-corrected chi connectivity index (χ4v) is 0.860. The van der Waals surface area contributed by atoms with Crippen molar-refractivity contribution in [3.8, 4) is 0 Å². The molecule has 0 aromatic carbocycles. The zero-order valence-electron chi connectivity index (χ0n) is 6.90. The molecule has 0 aliphatic heterocycles. The van der Waals surface area contributed by atoms with Gasteiger partial charge in [0.25, 0.3) is 0 Å². The van der Waals surface area contributed by atoms with Crippen molar-refractivity contribution in [3.63, 3.8) is 0 Å². The molecule has 0 unspecified atom stereocenters. The minimum atomic E-state index is 0.289. The van der Waals surface area contributed by atoms with Crippen LogP contribution in [0.5, 0.6) is 0 Å². The first-order valence-electron chi connectivity index (χ1n) is 3.65. The maximum atomic E-state index is 5.71. The molecule has 0 radical (unpaired) electrons. The van der Waals surface area contributed by atoms with Gasteiger partial charge in [0, 0.05) is 6.08 Å². The van der Waals surface area contributed by atoms with Crippen LogP contribution in [0.15, 0.2) is 28.1 Å². The van der Waals surface area contributed by atoms with Crippen LogP contribution in [0.25, 0.3) is 0 Å². The molecule has 0 rings (SSSR count). The van der Waals surface area contributed by atoms with E-state index >= 15 is 0 Å². The van der Waals surface area contributed by atoms with Crippen molar-refractivity contribution >= 4 is 23.2 Å². The molecule has 0 aliphatic rings. The van der Waals surface area contributed by atoms with Crippen molar-refractivity contribution < 1.29 is 0 Å². The van der Waals surface area contributed by atoms with Crippen molar-refractivity contribution in [2.24, 2.45) is 5.84 Å². The van der Waals surface area contributed by atoms with Gasteiger partial charge in [-0.3, -0.25) is 0 Å². The van der Waals surface area contributed by atoms with Crippen LogP contribution in [-0.4, -0.2) is 0 Å². The number of rotatable bonds is 4. The molecule has 12 heavy (non-hydrogen) atoms. The maximum absolute atomic E-state index is 5.71. The van der Waals surface area contributed by atoms with Gasteiger partial charge in [0.2, 0.25) is 0 Å². The Morgan fingerprint density at radius 1 is 1.58 bits per heavy atom. The van der Waals surface area contributed by atoms with Gasteiger partial charge in [-0.05, 0) is 12.5 Å². The Morgan fingerprint density at radius 3 is 2.75 bits per heavy atom. The molecule has 0 aromatic heterocycles. The van der Waals surface area contributed by atoms with Crippen molar-refractivity contribution in [3.05, 3.63) is 28.1 Å². The van der Waals surface area contributed by atoms with Gasteiger partial charge in [-0.25, -0.2) is 5.84 Å². The van der Waals surface area contributed by atoms with Gasteiger partial charge in [-0.2, -0.15) is 0 Å². The lowest BCUT2D eigenvalue weighted by Gasteiger charge is -1.92. The quantitative estimate of drug-likeness (QED) is 0.244. The van der Waals surface area contributed by atoms with Crippen molar-refractivity contribution in [1.29, 1.82) is 0 Å². The summed E-state index contributed by atoms with van der Waals surface area (Å²) in [5.74, 6) is 5.01. The number of nitrogens with two attached hydrogens (primary N) is 1. The summed E-state index contributed by atoms with van der Waals surface area (Å²) in [6.07, 6.45) is 5.39. The highest BCUT2D eigenvalue weighted by Crippen LogP contribution is 2.06. The minimum Gasteiger partial charge on any atom is -0.314 e. The third-order valence-electron chi connectivity index (χ3n) is 1.06. The highest BCUT2D eigenvalue weighted by Gasteiger charge is 1.87. The van der Waals surface area contributed by atoms with Crippen LogP contribution in [-0.2, 0) is 0 Å². The minimum absolute atomic E-state index is 0.289. The van der Waals surface area contributed by atoms with Crippen molar-refractivity contribution in [2.75, 3.05) is 0 Å². The molecule has 0 heterocycles. The molecule has 0 bridgehead atoms. The lowest BCUT2D eigenvalue weighted by Crippen LogP contribution is -2.17. The molecular formula is C8H12Cl2N2. The third kappa shape index (κ3) is 6.32. The van der Waals surface area contributed by atoms with E-state index in [0.29, 0.717) is 5.03 Å². The summed E-state index contributed by atoms with van der Waals surface area (Å²) in [4.78, 5) is 0. The molecule has 2 nitrogen and oxygen atoms in total. The number of hydrogen-bond acceptors (Lipinski definition) is 2. The molecular weight excluding hydrogens is 195 g/mol. The summed E-state index contributed by atoms with van der Waals surface area (Å²) >= 11 is 11.2. The molecule has 3 N–H and O–H groups in total. The SMILES string of the molecule is CCCC=C=C(Cl)/C=C(/Cl)NN. The lowest BCUT2D eigenvalue weighted by atomic mass is 10.3. The fraction of sp³-hybridized carbons (Fsp3) is 0.375. The van der Waals surface area contributed by atoms with Crippen LogP contribution in [0.4, 0.5) is 0 Å². The summed E-state index contributed by atoms with van der Waals surface area (Å²) in [7, 11) is 0. The molecule has 0 saturated heterocycles. The van der Waals surface area contributed by atoms with Crippen molar-refractivity contribution in [2.45, 2.75) is 19.8 Å². The second-order valence-electron chi connectivity index (χ2n) is 2.12. The standard InChI is InChI=1S/C8H12Cl2N2/c1-2-3-4-5-7(9)6-8(10)12-11/h4,6,12H,2-3,11H2,1H3/b8-6-. The second kappa shape index (κ2) is 7.26. The van der Waals surface area contributed by atoms with Crippen LogP contribution < -0.4 is 11.3 Å². The molecule has 0 aliphatic carbocycles. The van der Waals surface area contributed by atoms with E-state index in [2.05, 4.69) is 18.1 Å². The zero-order valence-corrected chi connectivity index (χ0v) is 8.41. The van der Waals surface area contributed by atoms with Crippen LogP contribution in [0.2, 0.25) is 0 Å². The number of hydrogen-bond donors (Lipinski definition) is 2. The number of hydrazine groups is 1. The predicted octanol–water partition coefficient (Wildman–Crippen LogP) is 2.61. The Bertz CT molecular complexity index is 215. The Morgan fingerprint density at radius 2 is 2.25 bits per heavy atom. The molecule has 0 spiro atoms. The third-order valence-corrected chi connectivity index (χ3v) is 1.50. The van der Waals surface area contributed by atoms with Crippen molar-refractivity contribution in [1.82, 2.24) is 5.43 Å². The average molecular weight is 207 g/mol. The monoisotopic (exact) mass is 206 g/mol. The van der Waals surface area contributed by atoms with Gasteiger partial charge in [0.1, 0.15) is 5.16 Å². The van der Waals surface area contributed by atoms with Crippen LogP contribution in [0.3, 0.4) is 0 Å². The Balaban J connectivity index is 4.18. The Hall–Kier alpha value is -0.400. The van der Waals surface area contributed by atoms with Crippen LogP contribution in [0, 0.1) is 0 Å². The van der Waals surface area contributed by atoms with E-state index in [0.717, 1.165) is 12.8 Å². The van der Waals surface area contributed by atoms with E-state index in [1.54, 1.807) is 0 Å². The van der Waals surface area contributed by atoms with E-state index in [9.17, 15) is 0 Å². The van der Waals surface area contributed by atoms with Gasteiger partial charge >= 0.3 is 0 Å². The normalized spacial score (nSPS) is 10.5. The Kier molecular flexibility index (Phi) is 7.02. The van der Waals surface area contributed by atoms with E-state index in [-0.39, 0.29) is 5.16 Å². The largest absolute Gasteiger partial charge is 0.314 e. The first kappa shape index (κ1) is 11.6. The molecule has 0 amide bonds. The number of allylic oxidation sites excluding steroid dienone is 2. The van der Waals surface area contributed by atoms with Gasteiger partial charge in [0.15, 0.2) is 0 Å². The van der Waals surface area contributed by atoms with E-state index in [4.69, 9.17) is 29.0 Å². The van der Waals surface area contributed by atoms with E-state index in [1.807, 2.05) is 6.08 Å². The Labute approximate surface area is 82.7 Å². The second-order valence-corrected chi connectivity index (χ2v) is 2.94. The van der Waals surface area contributed by atoms with Crippen LogP contribution >= 0.6 is 23.2 Å². The summed E-state index contributed by atoms with van der Waals surface area (Å²) in [5.41, 5.74) is 5.10. The van der Waals surface area contributed by atoms with E-state index < -0.39 is 0 Å². The fourth-order valence-electron chi connectivity index (χ4n) is 0.509. The zero-order chi connectivity index (χ0) is 9.40. The number of nitrogens with one attached hydrogen (secondary N) is 1. The number of halogens is 2. The molecule has 0 fully saturated rings. The van der Waals surface area contributed by atoms with Gasteiger partial charge < -0.3 is 5.43 Å². The highest BCUT2D eigenvalue weighted by molar-refractivity contribution is 6.34. The molecule has 0 atom stereocenters. The predicted molar refractivity (Wildman–Crippen MR) is 53.6 cm³/mol. The molecule has 0 aromatic rings. The van der Waals surface area contributed by atoms with Crippen LogP contribution in [0.1, 0.15) is 19.8 Å². The molecule has 4 heteroatoms. The topological polar surface area (TPSA) is 38.0 Å². The maximum Gasteiger partial charge on any atom is 0.118 e. The van der Waals surface area contributed by atoms with Gasteiger partial charge in [-0.15, -0.1) is 5.73 Å². The molecule has 0 saturated carbocycles. The summed E-state index contributed by atoms with van der Waals surface area (Å²) < 4.78 is 0. The first-order chi connectivity index (χ1) is 5.70. The first-order valence-corrected chi connectivity index (χ1v) is 4.40. The van der Waals surface area contributed by atoms with E-state index in [1.165, 1.54) is 6.08 Å². The summed E-state index contributed by atoms with van der Waals surface area (Å²) in [5, 5.41) is 0.726. The molecule has 68 valence electrons. The summed E-state index contributed by atoms with van der Waals surface area (Å²) in [6.45, 7) is 2.08. The van der Waals surface area contributed by atoms with Gasteiger partial charge in [0.05, 0.1) is 5.03 Å².